The maximum absolute atomic E-state index is 11.7. The van der Waals surface area contributed by atoms with E-state index in [1.165, 1.54) is 13.2 Å². The fourth-order valence-electron chi connectivity index (χ4n) is 1.68. The molecule has 0 bridgehead atoms. The molecule has 1 aromatic rings. The van der Waals surface area contributed by atoms with E-state index in [0.717, 1.165) is 0 Å². The molecule has 0 aliphatic heterocycles. The lowest BCUT2D eigenvalue weighted by molar-refractivity contribution is -0.150. The van der Waals surface area contributed by atoms with Crippen molar-refractivity contribution < 1.29 is 19.0 Å². The van der Waals surface area contributed by atoms with Gasteiger partial charge in [0.25, 0.3) is 0 Å². The standard InChI is InChI=1S/C16H15BrN2O4/c1-4-22-16(20)10(2)23-15-13(17)6-11(7-14(15)21-3)5-12(8-18)9-19/h5-7,10H,4H2,1-3H3. The first kappa shape index (κ1) is 18.5. The third-order valence-electron chi connectivity index (χ3n) is 2.72. The number of rotatable bonds is 6. The van der Waals surface area contributed by atoms with Crippen LogP contribution < -0.4 is 9.47 Å². The van der Waals surface area contributed by atoms with Crippen LogP contribution in [0.3, 0.4) is 0 Å². The van der Waals surface area contributed by atoms with Crippen molar-refractivity contribution in [3.63, 3.8) is 0 Å². The SMILES string of the molecule is CCOC(=O)C(C)Oc1c(Br)cc(C=C(C#N)C#N)cc1OC. The molecule has 0 aliphatic rings. The van der Waals surface area contributed by atoms with Gasteiger partial charge in [0, 0.05) is 0 Å². The molecule has 7 heteroatoms. The summed E-state index contributed by atoms with van der Waals surface area (Å²) in [5.41, 5.74) is 0.551. The Kier molecular flexibility index (Phi) is 7.11. The van der Waals surface area contributed by atoms with Crippen LogP contribution in [0.5, 0.6) is 11.5 Å². The maximum Gasteiger partial charge on any atom is 0.347 e. The molecule has 0 fully saturated rings. The molecule has 0 radical (unpaired) electrons. The Balaban J connectivity index is 3.17. The number of hydrogen-bond acceptors (Lipinski definition) is 6. The summed E-state index contributed by atoms with van der Waals surface area (Å²) in [6, 6.07) is 6.83. The summed E-state index contributed by atoms with van der Waals surface area (Å²) < 4.78 is 16.3. The van der Waals surface area contributed by atoms with E-state index in [1.807, 2.05) is 0 Å². The highest BCUT2D eigenvalue weighted by Crippen LogP contribution is 2.38. The zero-order valence-electron chi connectivity index (χ0n) is 12.9. The van der Waals surface area contributed by atoms with Crippen molar-refractivity contribution >= 4 is 28.0 Å². The largest absolute Gasteiger partial charge is 0.493 e. The third kappa shape index (κ3) is 5.01. The maximum atomic E-state index is 11.7. The monoisotopic (exact) mass is 378 g/mol. The van der Waals surface area contributed by atoms with Gasteiger partial charge in [-0.3, -0.25) is 0 Å². The highest BCUT2D eigenvalue weighted by molar-refractivity contribution is 9.10. The first-order valence-corrected chi connectivity index (χ1v) is 7.48. The van der Waals surface area contributed by atoms with Crippen LogP contribution >= 0.6 is 15.9 Å². The molecule has 1 atom stereocenters. The zero-order valence-corrected chi connectivity index (χ0v) is 14.5. The second kappa shape index (κ2) is 8.82. The van der Waals surface area contributed by atoms with Crippen molar-refractivity contribution in [3.8, 4) is 23.6 Å². The number of allylic oxidation sites excluding steroid dienone is 1. The molecule has 0 saturated carbocycles. The number of halogens is 1. The number of benzene rings is 1. The molecule has 0 aromatic heterocycles. The lowest BCUT2D eigenvalue weighted by Crippen LogP contribution is -2.26. The highest BCUT2D eigenvalue weighted by Gasteiger charge is 2.20. The van der Waals surface area contributed by atoms with E-state index >= 15 is 0 Å². The van der Waals surface area contributed by atoms with Crippen LogP contribution in [0, 0.1) is 22.7 Å². The second-order valence-corrected chi connectivity index (χ2v) is 5.18. The number of esters is 1. The lowest BCUT2D eigenvalue weighted by atomic mass is 10.1. The number of carbonyl (C=O) groups is 1. The second-order valence-electron chi connectivity index (χ2n) is 4.33. The van der Waals surface area contributed by atoms with E-state index in [-0.39, 0.29) is 12.2 Å². The quantitative estimate of drug-likeness (QED) is 0.557. The average Bonchev–Trinajstić information content (AvgIpc) is 2.54. The average molecular weight is 379 g/mol. The Bertz CT molecular complexity index is 685. The van der Waals surface area contributed by atoms with Crippen LogP contribution in [-0.2, 0) is 9.53 Å². The van der Waals surface area contributed by atoms with Crippen LogP contribution in [0.4, 0.5) is 0 Å². The molecule has 1 unspecified atom stereocenters. The molecule has 0 aliphatic carbocycles. The van der Waals surface area contributed by atoms with Gasteiger partial charge in [-0.1, -0.05) is 0 Å². The van der Waals surface area contributed by atoms with Gasteiger partial charge in [-0.2, -0.15) is 10.5 Å². The van der Waals surface area contributed by atoms with Crippen molar-refractivity contribution in [1.82, 2.24) is 0 Å². The minimum atomic E-state index is -0.810. The van der Waals surface area contributed by atoms with E-state index in [9.17, 15) is 4.79 Å². The number of hydrogen-bond donors (Lipinski definition) is 0. The van der Waals surface area contributed by atoms with E-state index in [2.05, 4.69) is 15.9 Å². The number of nitrogens with zero attached hydrogens (tertiary/aromatic N) is 2. The first-order chi connectivity index (χ1) is 11.0. The van der Waals surface area contributed by atoms with Crippen molar-refractivity contribution in [2.45, 2.75) is 20.0 Å². The van der Waals surface area contributed by atoms with Gasteiger partial charge >= 0.3 is 5.97 Å². The summed E-state index contributed by atoms with van der Waals surface area (Å²) >= 11 is 3.34. The number of carbonyl (C=O) groups excluding carboxylic acids is 1. The minimum Gasteiger partial charge on any atom is -0.493 e. The summed E-state index contributed by atoms with van der Waals surface area (Å²) in [7, 11) is 1.45. The van der Waals surface area contributed by atoms with Gasteiger partial charge in [-0.15, -0.1) is 0 Å². The summed E-state index contributed by atoms with van der Waals surface area (Å²) in [6.45, 7) is 3.55. The lowest BCUT2D eigenvalue weighted by Gasteiger charge is -2.17. The summed E-state index contributed by atoms with van der Waals surface area (Å²) in [6.07, 6.45) is 0.613. The van der Waals surface area contributed by atoms with Crippen LogP contribution in [0.15, 0.2) is 22.2 Å². The predicted octanol–water partition coefficient (Wildman–Crippen LogP) is 3.22. The topological polar surface area (TPSA) is 92.3 Å². The Labute approximate surface area is 143 Å². The fourth-order valence-corrected chi connectivity index (χ4v) is 2.23. The van der Waals surface area contributed by atoms with Crippen molar-refractivity contribution in [2.75, 3.05) is 13.7 Å². The van der Waals surface area contributed by atoms with E-state index in [1.54, 1.807) is 38.1 Å². The van der Waals surface area contributed by atoms with Crippen LogP contribution in [-0.4, -0.2) is 25.8 Å². The van der Waals surface area contributed by atoms with Gasteiger partial charge in [-0.25, -0.2) is 4.79 Å². The molecule has 23 heavy (non-hydrogen) atoms. The smallest absolute Gasteiger partial charge is 0.347 e. The highest BCUT2D eigenvalue weighted by atomic mass is 79.9. The summed E-state index contributed by atoms with van der Waals surface area (Å²) in [5, 5.41) is 17.6. The normalized spacial score (nSPS) is 10.7. The van der Waals surface area contributed by atoms with E-state index in [0.29, 0.717) is 21.5 Å². The molecule has 0 heterocycles. The van der Waals surface area contributed by atoms with Crippen molar-refractivity contribution in [1.29, 1.82) is 10.5 Å². The predicted molar refractivity (Wildman–Crippen MR) is 86.6 cm³/mol. The van der Waals surface area contributed by atoms with Gasteiger partial charge in [0.15, 0.2) is 17.6 Å². The van der Waals surface area contributed by atoms with Gasteiger partial charge in [0.05, 0.1) is 18.2 Å². The van der Waals surface area contributed by atoms with Gasteiger partial charge in [0.2, 0.25) is 0 Å². The Hall–Kier alpha value is -2.51. The molecule has 6 nitrogen and oxygen atoms in total. The fraction of sp³-hybridized carbons (Fsp3) is 0.312. The van der Waals surface area contributed by atoms with Crippen LogP contribution in [0.25, 0.3) is 6.08 Å². The van der Waals surface area contributed by atoms with Gasteiger partial charge < -0.3 is 14.2 Å². The van der Waals surface area contributed by atoms with Crippen molar-refractivity contribution in [3.05, 3.63) is 27.7 Å². The minimum absolute atomic E-state index is 0.0347. The molecular formula is C16H15BrN2O4. The number of methoxy groups -OCH3 is 1. The van der Waals surface area contributed by atoms with Gasteiger partial charge in [0.1, 0.15) is 17.7 Å². The van der Waals surface area contributed by atoms with E-state index < -0.39 is 12.1 Å². The molecule has 0 saturated heterocycles. The van der Waals surface area contributed by atoms with Crippen LogP contribution in [0.1, 0.15) is 19.4 Å². The first-order valence-electron chi connectivity index (χ1n) is 6.69. The molecule has 1 aromatic carbocycles. The summed E-state index contributed by atoms with van der Waals surface area (Å²) in [4.78, 5) is 11.7. The molecule has 0 amide bonds. The molecule has 0 spiro atoms. The molecule has 120 valence electrons. The zero-order chi connectivity index (χ0) is 17.4. The van der Waals surface area contributed by atoms with Crippen LogP contribution in [0.2, 0.25) is 0 Å². The Morgan fingerprint density at radius 3 is 2.57 bits per heavy atom. The summed E-state index contributed by atoms with van der Waals surface area (Å²) in [5.74, 6) is 0.208. The Morgan fingerprint density at radius 1 is 1.39 bits per heavy atom. The van der Waals surface area contributed by atoms with Gasteiger partial charge in [-0.05, 0) is 53.5 Å². The number of nitriles is 2. The molecule has 1 rings (SSSR count). The third-order valence-corrected chi connectivity index (χ3v) is 3.31. The van der Waals surface area contributed by atoms with Crippen molar-refractivity contribution in [2.24, 2.45) is 0 Å². The Morgan fingerprint density at radius 2 is 2.04 bits per heavy atom. The molecular weight excluding hydrogens is 364 g/mol. The van der Waals surface area contributed by atoms with E-state index in [4.69, 9.17) is 24.7 Å². The molecule has 0 N–H and O–H groups in total. The number of ether oxygens (including phenoxy) is 3.